The number of aromatic nitrogens is 1. The van der Waals surface area contributed by atoms with E-state index in [4.69, 9.17) is 5.73 Å². The first-order valence-electron chi connectivity index (χ1n) is 7.37. The Morgan fingerprint density at radius 1 is 1.36 bits per heavy atom. The minimum absolute atomic E-state index is 0.0838. The number of thiazole rings is 1. The molecule has 1 aliphatic carbocycles. The number of carbonyl (C=O) groups excluding carboxylic acids is 1. The van der Waals surface area contributed by atoms with Gasteiger partial charge in [0.1, 0.15) is 5.69 Å². The van der Waals surface area contributed by atoms with Crippen LogP contribution in [0.3, 0.4) is 0 Å². The van der Waals surface area contributed by atoms with Gasteiger partial charge in [0.05, 0.1) is 5.01 Å². The second kappa shape index (κ2) is 6.81. The molecule has 0 bridgehead atoms. The summed E-state index contributed by atoms with van der Waals surface area (Å²) in [5.74, 6) is -0.0838. The van der Waals surface area contributed by atoms with Crippen molar-refractivity contribution in [3.05, 3.63) is 46.4 Å². The zero-order valence-electron chi connectivity index (χ0n) is 12.2. The van der Waals surface area contributed by atoms with Gasteiger partial charge in [-0.15, -0.1) is 23.1 Å². The normalized spacial score (nSPS) is 15.5. The van der Waals surface area contributed by atoms with Crippen molar-refractivity contribution >= 4 is 29.0 Å². The van der Waals surface area contributed by atoms with E-state index in [1.807, 2.05) is 35.3 Å². The molecule has 3 rings (SSSR count). The summed E-state index contributed by atoms with van der Waals surface area (Å²) in [5.41, 5.74) is 6.01. The molecular formula is C16H19N3OS2. The highest BCUT2D eigenvalue weighted by Gasteiger charge is 2.44. The van der Waals surface area contributed by atoms with Crippen molar-refractivity contribution < 1.29 is 4.79 Å². The molecule has 1 saturated carbocycles. The molecule has 0 atom stereocenters. The Morgan fingerprint density at radius 2 is 2.14 bits per heavy atom. The first-order chi connectivity index (χ1) is 10.7. The fourth-order valence-electron chi connectivity index (χ4n) is 2.18. The number of amides is 1. The van der Waals surface area contributed by atoms with Gasteiger partial charge < -0.3 is 11.1 Å². The maximum Gasteiger partial charge on any atom is 0.270 e. The second-order valence-corrected chi connectivity index (χ2v) is 7.93. The molecule has 0 saturated heterocycles. The molecule has 116 valence electrons. The van der Waals surface area contributed by atoms with Crippen molar-refractivity contribution in [1.29, 1.82) is 0 Å². The molecule has 2 aromatic rings. The number of hydrogen-bond donors (Lipinski definition) is 2. The smallest absolute Gasteiger partial charge is 0.270 e. The third-order valence-corrected chi connectivity index (χ3v) is 6.00. The zero-order chi connectivity index (χ0) is 15.4. The van der Waals surface area contributed by atoms with Crippen molar-refractivity contribution in [2.75, 3.05) is 13.1 Å². The van der Waals surface area contributed by atoms with Crippen molar-refractivity contribution in [3.8, 4) is 0 Å². The summed E-state index contributed by atoms with van der Waals surface area (Å²) >= 11 is 3.36. The van der Waals surface area contributed by atoms with E-state index in [1.165, 1.54) is 16.2 Å². The first-order valence-corrected chi connectivity index (χ1v) is 9.07. The molecule has 1 aromatic heterocycles. The molecule has 1 aromatic carbocycles. The molecule has 3 N–H and O–H groups in total. The lowest BCUT2D eigenvalue weighted by atomic mass is 10.3. The van der Waals surface area contributed by atoms with Crippen LogP contribution in [0.5, 0.6) is 0 Å². The highest BCUT2D eigenvalue weighted by Crippen LogP contribution is 2.51. The lowest BCUT2D eigenvalue weighted by Gasteiger charge is -2.15. The molecule has 0 spiro atoms. The van der Waals surface area contributed by atoms with Gasteiger partial charge in [-0.1, -0.05) is 18.2 Å². The van der Waals surface area contributed by atoms with Gasteiger partial charge in [0.2, 0.25) is 0 Å². The van der Waals surface area contributed by atoms with Crippen LogP contribution in [0.25, 0.3) is 0 Å². The predicted octanol–water partition coefficient (Wildman–Crippen LogP) is 2.70. The Morgan fingerprint density at radius 3 is 2.82 bits per heavy atom. The highest BCUT2D eigenvalue weighted by molar-refractivity contribution is 8.01. The van der Waals surface area contributed by atoms with Crippen molar-refractivity contribution in [3.63, 3.8) is 0 Å². The predicted molar refractivity (Wildman–Crippen MR) is 91.5 cm³/mol. The number of benzene rings is 1. The lowest BCUT2D eigenvalue weighted by molar-refractivity contribution is 0.0948. The Balaban J connectivity index is 1.54. The van der Waals surface area contributed by atoms with Crippen LogP contribution in [0, 0.1) is 0 Å². The van der Waals surface area contributed by atoms with Crippen LogP contribution < -0.4 is 11.1 Å². The summed E-state index contributed by atoms with van der Waals surface area (Å²) < 4.78 is 0.160. The fraction of sp³-hybridized carbons (Fsp3) is 0.375. The second-order valence-electron chi connectivity index (χ2n) is 5.45. The average molecular weight is 333 g/mol. The minimum Gasteiger partial charge on any atom is -0.349 e. The highest BCUT2D eigenvalue weighted by atomic mass is 32.2. The molecule has 0 aliphatic heterocycles. The summed E-state index contributed by atoms with van der Waals surface area (Å²) in [7, 11) is 0. The lowest BCUT2D eigenvalue weighted by Crippen LogP contribution is -2.32. The van der Waals surface area contributed by atoms with Gasteiger partial charge in [0, 0.05) is 28.0 Å². The number of rotatable bonds is 7. The number of thioether (sulfide) groups is 1. The summed E-state index contributed by atoms with van der Waals surface area (Å²) in [4.78, 5) is 17.8. The number of nitrogens with zero attached hydrogens (tertiary/aromatic N) is 1. The molecule has 1 amide bonds. The van der Waals surface area contributed by atoms with E-state index < -0.39 is 0 Å². The van der Waals surface area contributed by atoms with E-state index in [2.05, 4.69) is 22.4 Å². The largest absolute Gasteiger partial charge is 0.349 e. The average Bonchev–Trinajstić information content (AvgIpc) is 3.13. The van der Waals surface area contributed by atoms with E-state index in [9.17, 15) is 4.79 Å². The third-order valence-electron chi connectivity index (χ3n) is 3.60. The maximum atomic E-state index is 12.2. The van der Waals surface area contributed by atoms with Gasteiger partial charge in [-0.25, -0.2) is 4.98 Å². The quantitative estimate of drug-likeness (QED) is 0.817. The van der Waals surface area contributed by atoms with Crippen molar-refractivity contribution in [2.45, 2.75) is 28.9 Å². The fourth-order valence-corrected chi connectivity index (χ4v) is 4.22. The van der Waals surface area contributed by atoms with Crippen LogP contribution in [0.2, 0.25) is 0 Å². The summed E-state index contributed by atoms with van der Waals surface area (Å²) in [6.45, 7) is 1.25. The topological polar surface area (TPSA) is 68.0 Å². The molecule has 1 heterocycles. The van der Waals surface area contributed by atoms with E-state index >= 15 is 0 Å². The molecule has 0 unspecified atom stereocenters. The molecule has 0 radical (unpaired) electrons. The van der Waals surface area contributed by atoms with Crippen LogP contribution >= 0.6 is 23.1 Å². The van der Waals surface area contributed by atoms with E-state index in [0.29, 0.717) is 18.8 Å². The zero-order valence-corrected chi connectivity index (χ0v) is 13.9. The van der Waals surface area contributed by atoms with Gasteiger partial charge in [-0.05, 0) is 31.5 Å². The van der Waals surface area contributed by atoms with E-state index in [1.54, 1.807) is 0 Å². The maximum absolute atomic E-state index is 12.2. The third kappa shape index (κ3) is 3.88. The summed E-state index contributed by atoms with van der Waals surface area (Å²) in [6, 6.07) is 10.3. The van der Waals surface area contributed by atoms with Gasteiger partial charge in [0.25, 0.3) is 5.91 Å². The van der Waals surface area contributed by atoms with Crippen LogP contribution in [0.4, 0.5) is 0 Å². The monoisotopic (exact) mass is 333 g/mol. The summed E-state index contributed by atoms with van der Waals surface area (Å²) in [6.07, 6.45) is 3.01. The van der Waals surface area contributed by atoms with Crippen LogP contribution in [-0.2, 0) is 6.42 Å². The Kier molecular flexibility index (Phi) is 4.81. The standard InChI is InChI=1S/C16H19N3OS2/c17-9-6-14-19-13(10-21-14)15(20)18-11-16(7-8-16)22-12-4-2-1-3-5-12/h1-5,10H,6-9,11,17H2,(H,18,20). The van der Waals surface area contributed by atoms with Gasteiger partial charge in [-0.3, -0.25) is 4.79 Å². The SMILES string of the molecule is NCCc1nc(C(=O)NCC2(Sc3ccccc3)CC2)cs1. The number of carbonyl (C=O) groups is 1. The number of nitrogens with one attached hydrogen (secondary N) is 1. The first kappa shape index (κ1) is 15.5. The van der Waals surface area contributed by atoms with Crippen LogP contribution in [0.1, 0.15) is 28.3 Å². The Hall–Kier alpha value is -1.37. The van der Waals surface area contributed by atoms with Crippen LogP contribution in [0.15, 0.2) is 40.6 Å². The molecular weight excluding hydrogens is 314 g/mol. The van der Waals surface area contributed by atoms with Gasteiger partial charge >= 0.3 is 0 Å². The van der Waals surface area contributed by atoms with Crippen LogP contribution in [-0.4, -0.2) is 28.7 Å². The van der Waals surface area contributed by atoms with Gasteiger partial charge in [-0.2, -0.15) is 0 Å². The molecule has 22 heavy (non-hydrogen) atoms. The van der Waals surface area contributed by atoms with Gasteiger partial charge in [0.15, 0.2) is 0 Å². The number of hydrogen-bond acceptors (Lipinski definition) is 5. The minimum atomic E-state index is -0.0838. The molecule has 6 heteroatoms. The molecule has 1 fully saturated rings. The summed E-state index contributed by atoms with van der Waals surface area (Å²) in [5, 5.41) is 5.76. The van der Waals surface area contributed by atoms with Crippen molar-refractivity contribution in [1.82, 2.24) is 10.3 Å². The number of nitrogens with two attached hydrogens (primary N) is 1. The Bertz CT molecular complexity index is 638. The van der Waals surface area contributed by atoms with E-state index in [-0.39, 0.29) is 10.7 Å². The Labute approximate surface area is 138 Å². The van der Waals surface area contributed by atoms with E-state index in [0.717, 1.165) is 24.3 Å². The molecule has 1 aliphatic rings. The van der Waals surface area contributed by atoms with Crippen molar-refractivity contribution in [2.24, 2.45) is 5.73 Å². The molecule has 4 nitrogen and oxygen atoms in total.